The summed E-state index contributed by atoms with van der Waals surface area (Å²) in [5.74, 6) is 2.54. The lowest BCUT2D eigenvalue weighted by atomic mass is 9.82. The van der Waals surface area contributed by atoms with Crippen molar-refractivity contribution in [3.63, 3.8) is 0 Å². The molecule has 1 aliphatic rings. The molecular formula is C20H21NO5. The molecule has 1 heterocycles. The number of carbonyl (C=O) groups excluding carboxylic acids is 3. The van der Waals surface area contributed by atoms with Gasteiger partial charge in [-0.3, -0.25) is 4.79 Å². The van der Waals surface area contributed by atoms with Gasteiger partial charge in [0.1, 0.15) is 12.2 Å². The minimum Gasteiger partial charge on any atom is -0.458 e. The van der Waals surface area contributed by atoms with Crippen LogP contribution in [-0.4, -0.2) is 37.1 Å². The topological polar surface area (TPSA) is 72.9 Å². The van der Waals surface area contributed by atoms with Crippen molar-refractivity contribution in [2.45, 2.75) is 31.8 Å². The Kier molecular flexibility index (Phi) is 5.22. The highest BCUT2D eigenvalue weighted by Gasteiger charge is 2.57. The fraction of sp³-hybridized carbons (Fsp3) is 0.350. The summed E-state index contributed by atoms with van der Waals surface area (Å²) in [7, 11) is 1.55. The van der Waals surface area contributed by atoms with Crippen molar-refractivity contribution in [2.75, 3.05) is 18.6 Å². The second-order valence-corrected chi connectivity index (χ2v) is 6.77. The van der Waals surface area contributed by atoms with Crippen molar-refractivity contribution >= 4 is 23.5 Å². The monoisotopic (exact) mass is 355 g/mol. The van der Waals surface area contributed by atoms with Crippen molar-refractivity contribution in [3.8, 4) is 11.8 Å². The summed E-state index contributed by atoms with van der Waals surface area (Å²) in [4.78, 5) is 39.1. The number of ether oxygens (including phenoxy) is 2. The molecule has 0 spiro atoms. The number of para-hydroxylation sites is 1. The van der Waals surface area contributed by atoms with Crippen LogP contribution in [0.25, 0.3) is 0 Å². The number of rotatable bonds is 3. The summed E-state index contributed by atoms with van der Waals surface area (Å²) >= 11 is 0. The third kappa shape index (κ3) is 3.47. The lowest BCUT2D eigenvalue weighted by Gasteiger charge is -2.26. The third-order valence-electron chi connectivity index (χ3n) is 3.68. The Labute approximate surface area is 152 Å². The van der Waals surface area contributed by atoms with E-state index >= 15 is 0 Å². The SMILES string of the molecule is C=CCOC(=O)C#CC1(C(=O)OC(C)(C)C)C(=O)N(C)c2ccccc21. The van der Waals surface area contributed by atoms with Crippen LogP contribution in [-0.2, 0) is 29.3 Å². The van der Waals surface area contributed by atoms with Gasteiger partial charge in [0, 0.05) is 24.2 Å². The van der Waals surface area contributed by atoms with E-state index in [1.54, 1.807) is 52.1 Å². The number of benzene rings is 1. The van der Waals surface area contributed by atoms with Crippen LogP contribution in [0.15, 0.2) is 36.9 Å². The number of likely N-dealkylation sites (N-methyl/N-ethyl adjacent to an activating group) is 1. The fourth-order valence-corrected chi connectivity index (χ4v) is 2.60. The summed E-state index contributed by atoms with van der Waals surface area (Å²) in [6.45, 7) is 8.51. The number of hydrogen-bond acceptors (Lipinski definition) is 5. The van der Waals surface area contributed by atoms with Gasteiger partial charge in [-0.25, -0.2) is 9.59 Å². The number of nitrogens with zero attached hydrogens (tertiary/aromatic N) is 1. The number of hydrogen-bond donors (Lipinski definition) is 0. The van der Waals surface area contributed by atoms with Gasteiger partial charge < -0.3 is 14.4 Å². The zero-order valence-corrected chi connectivity index (χ0v) is 15.3. The lowest BCUT2D eigenvalue weighted by molar-refractivity contribution is -0.161. The molecule has 0 saturated heterocycles. The minimum absolute atomic E-state index is 0.0165. The van der Waals surface area contributed by atoms with Crippen molar-refractivity contribution in [1.29, 1.82) is 0 Å². The molecule has 2 rings (SSSR count). The lowest BCUT2D eigenvalue weighted by Crippen LogP contribution is -2.47. The first-order valence-electron chi connectivity index (χ1n) is 8.05. The highest BCUT2D eigenvalue weighted by atomic mass is 16.6. The highest BCUT2D eigenvalue weighted by molar-refractivity contribution is 6.23. The molecule has 0 aromatic heterocycles. The van der Waals surface area contributed by atoms with Crippen molar-refractivity contribution in [2.24, 2.45) is 0 Å². The molecule has 0 bridgehead atoms. The molecule has 1 unspecified atom stereocenters. The molecule has 1 aromatic carbocycles. The molecule has 26 heavy (non-hydrogen) atoms. The van der Waals surface area contributed by atoms with Gasteiger partial charge in [-0.15, -0.1) is 0 Å². The highest BCUT2D eigenvalue weighted by Crippen LogP contribution is 2.42. The Morgan fingerprint density at radius 1 is 1.31 bits per heavy atom. The first-order chi connectivity index (χ1) is 12.1. The second-order valence-electron chi connectivity index (χ2n) is 6.77. The van der Waals surface area contributed by atoms with Crippen LogP contribution in [0, 0.1) is 11.8 Å². The molecule has 6 nitrogen and oxygen atoms in total. The third-order valence-corrected chi connectivity index (χ3v) is 3.68. The molecule has 136 valence electrons. The van der Waals surface area contributed by atoms with Crippen LogP contribution in [0.5, 0.6) is 0 Å². The number of carbonyl (C=O) groups is 3. The van der Waals surface area contributed by atoms with E-state index in [1.807, 2.05) is 0 Å². The standard InChI is InChI=1S/C20H21NO5/c1-6-13-25-16(22)11-12-20(18(24)26-19(2,3)4)14-9-7-8-10-15(14)21(5)17(20)23/h6-10H,1,13H2,2-5H3. The molecule has 1 amide bonds. The maximum atomic E-state index is 13.0. The number of anilines is 1. The predicted molar refractivity (Wildman–Crippen MR) is 96.3 cm³/mol. The minimum atomic E-state index is -1.91. The molecule has 0 N–H and O–H groups in total. The molecule has 0 radical (unpaired) electrons. The van der Waals surface area contributed by atoms with E-state index in [1.165, 1.54) is 11.0 Å². The van der Waals surface area contributed by atoms with E-state index in [2.05, 4.69) is 18.4 Å². The first kappa shape index (κ1) is 19.3. The van der Waals surface area contributed by atoms with Gasteiger partial charge in [0.2, 0.25) is 5.41 Å². The van der Waals surface area contributed by atoms with Crippen LogP contribution >= 0.6 is 0 Å². The summed E-state index contributed by atoms with van der Waals surface area (Å²) in [5, 5.41) is 0. The summed E-state index contributed by atoms with van der Waals surface area (Å²) in [6.07, 6.45) is 1.40. The molecule has 6 heteroatoms. The number of fused-ring (bicyclic) bond motifs is 1. The van der Waals surface area contributed by atoms with Crippen LogP contribution in [0.1, 0.15) is 26.3 Å². The van der Waals surface area contributed by atoms with Gasteiger partial charge >= 0.3 is 11.9 Å². The predicted octanol–water partition coefficient (Wildman–Crippen LogP) is 1.98. The molecular weight excluding hydrogens is 334 g/mol. The Bertz CT molecular complexity index is 825. The summed E-state index contributed by atoms with van der Waals surface area (Å²) < 4.78 is 10.3. The maximum absolute atomic E-state index is 13.0. The molecule has 0 aliphatic carbocycles. The van der Waals surface area contributed by atoms with E-state index in [0.29, 0.717) is 11.3 Å². The molecule has 1 atom stereocenters. The van der Waals surface area contributed by atoms with Gasteiger partial charge in [0.25, 0.3) is 5.91 Å². The normalized spacial score (nSPS) is 18.5. The maximum Gasteiger partial charge on any atom is 0.384 e. The van der Waals surface area contributed by atoms with Gasteiger partial charge in [0.15, 0.2) is 0 Å². The van der Waals surface area contributed by atoms with E-state index in [0.717, 1.165) is 0 Å². The van der Waals surface area contributed by atoms with Gasteiger partial charge in [-0.05, 0) is 26.8 Å². The quantitative estimate of drug-likeness (QED) is 0.273. The van der Waals surface area contributed by atoms with E-state index in [4.69, 9.17) is 9.47 Å². The summed E-state index contributed by atoms with van der Waals surface area (Å²) in [6, 6.07) is 6.78. The fourth-order valence-electron chi connectivity index (χ4n) is 2.60. The van der Waals surface area contributed by atoms with Gasteiger partial charge in [-0.2, -0.15) is 0 Å². The number of esters is 2. The Balaban J connectivity index is 2.59. The molecule has 1 aromatic rings. The van der Waals surface area contributed by atoms with Crippen LogP contribution in [0.2, 0.25) is 0 Å². The van der Waals surface area contributed by atoms with Crippen LogP contribution in [0.3, 0.4) is 0 Å². The molecule has 0 fully saturated rings. The van der Waals surface area contributed by atoms with Crippen molar-refractivity contribution < 1.29 is 23.9 Å². The summed E-state index contributed by atoms with van der Waals surface area (Å²) in [5.41, 5.74) is -1.82. The Morgan fingerprint density at radius 3 is 2.58 bits per heavy atom. The molecule has 1 aliphatic heterocycles. The van der Waals surface area contributed by atoms with E-state index in [-0.39, 0.29) is 6.61 Å². The second kappa shape index (κ2) is 7.04. The number of amides is 1. The van der Waals surface area contributed by atoms with E-state index < -0.39 is 28.9 Å². The van der Waals surface area contributed by atoms with Gasteiger partial charge in [0.05, 0.1) is 0 Å². The first-order valence-corrected chi connectivity index (χ1v) is 8.05. The molecule has 0 saturated carbocycles. The smallest absolute Gasteiger partial charge is 0.384 e. The Hall–Kier alpha value is -3.07. The zero-order valence-electron chi connectivity index (χ0n) is 15.3. The average Bonchev–Trinajstić information content (AvgIpc) is 2.79. The van der Waals surface area contributed by atoms with Gasteiger partial charge in [-0.1, -0.05) is 36.8 Å². The van der Waals surface area contributed by atoms with Crippen LogP contribution in [0.4, 0.5) is 5.69 Å². The zero-order chi connectivity index (χ0) is 19.5. The van der Waals surface area contributed by atoms with E-state index in [9.17, 15) is 14.4 Å². The Morgan fingerprint density at radius 2 is 1.96 bits per heavy atom. The largest absolute Gasteiger partial charge is 0.458 e. The van der Waals surface area contributed by atoms with Crippen molar-refractivity contribution in [1.82, 2.24) is 0 Å². The van der Waals surface area contributed by atoms with Crippen molar-refractivity contribution in [3.05, 3.63) is 42.5 Å². The van der Waals surface area contributed by atoms with Crippen LogP contribution < -0.4 is 4.90 Å². The average molecular weight is 355 g/mol.